The minimum absolute atomic E-state index is 1.06. The maximum atomic E-state index is 2.59. The topological polar surface area (TPSA) is 0 Å². The molecule has 4 fully saturated rings. The van der Waals surface area contributed by atoms with Gasteiger partial charge in [-0.25, -0.2) is 0 Å². The quantitative estimate of drug-likeness (QED) is 0.412. The fourth-order valence-electron chi connectivity index (χ4n) is 8.42. The summed E-state index contributed by atoms with van der Waals surface area (Å²) in [6.07, 6.45) is 12.3. The summed E-state index contributed by atoms with van der Waals surface area (Å²) in [6, 6.07) is 22.7. The lowest BCUT2D eigenvalue weighted by molar-refractivity contribution is 0.471. The average Bonchev–Trinajstić information content (AvgIpc) is 3.63. The van der Waals surface area contributed by atoms with Crippen LogP contribution in [-0.4, -0.2) is 16.1 Å². The van der Waals surface area contributed by atoms with Gasteiger partial charge in [-0.3, -0.25) is 0 Å². The van der Waals surface area contributed by atoms with Gasteiger partial charge in [-0.05, 0) is 60.4 Å². The summed E-state index contributed by atoms with van der Waals surface area (Å²) in [6.45, 7) is 10.4. The number of hydrogen-bond acceptors (Lipinski definition) is 0. The first-order valence-corrected chi connectivity index (χ1v) is 19.6. The third-order valence-electron chi connectivity index (χ3n) is 10.4. The monoisotopic (exact) mass is 460 g/mol. The smallest absolute Gasteiger partial charge is 0.0652 e. The molecule has 6 unspecified atom stereocenters. The van der Waals surface area contributed by atoms with E-state index in [1.165, 1.54) is 25.7 Å². The maximum Gasteiger partial charge on any atom is 0.0839 e. The summed E-state index contributed by atoms with van der Waals surface area (Å²) < 4.78 is 0. The molecule has 2 aromatic rings. The number of hydrogen-bond donors (Lipinski definition) is 0. The Morgan fingerprint density at radius 1 is 0.500 bits per heavy atom. The molecule has 0 N–H and O–H groups in total. The van der Waals surface area contributed by atoms with E-state index in [4.69, 9.17) is 0 Å². The molecule has 172 valence electrons. The number of benzene rings is 2. The summed E-state index contributed by atoms with van der Waals surface area (Å²) in [7, 11) is -2.40. The predicted octanol–water partition coefficient (Wildman–Crippen LogP) is 7.58. The Labute approximate surface area is 199 Å². The van der Waals surface area contributed by atoms with Gasteiger partial charge in [0.25, 0.3) is 0 Å². The van der Waals surface area contributed by atoms with Gasteiger partial charge < -0.3 is 0 Å². The zero-order chi connectivity index (χ0) is 22.3. The molecule has 6 rings (SSSR count). The minimum atomic E-state index is -1.20. The first-order valence-electron chi connectivity index (χ1n) is 13.5. The maximum absolute atomic E-state index is 2.59. The fraction of sp³-hybridized carbons (Fsp3) is 0.600. The molecule has 0 nitrogen and oxygen atoms in total. The van der Waals surface area contributed by atoms with Crippen LogP contribution in [0.5, 0.6) is 0 Å². The van der Waals surface area contributed by atoms with Crippen molar-refractivity contribution in [1.29, 1.82) is 0 Å². The second-order valence-corrected chi connectivity index (χ2v) is 22.3. The van der Waals surface area contributed by atoms with E-state index in [-0.39, 0.29) is 0 Å². The van der Waals surface area contributed by atoms with Crippen molar-refractivity contribution in [2.45, 2.75) is 88.6 Å². The van der Waals surface area contributed by atoms with Crippen LogP contribution in [0.3, 0.4) is 0 Å². The van der Waals surface area contributed by atoms with Gasteiger partial charge in [-0.1, -0.05) is 123 Å². The predicted molar refractivity (Wildman–Crippen MR) is 146 cm³/mol. The molecule has 4 aliphatic carbocycles. The third-order valence-corrected chi connectivity index (χ3v) is 19.1. The van der Waals surface area contributed by atoms with Gasteiger partial charge in [-0.2, -0.15) is 0 Å². The molecular formula is C30H44Si2. The zero-order valence-corrected chi connectivity index (χ0v) is 22.9. The molecule has 4 aliphatic rings. The standard InChI is InChI=1S/2C15H22Si/c2*1-16(2,14-6-4-3-5-7-14)15-11-12-8-9-13(15)10-12/h2*3-7,12-13,15H,8-11H2,1-2H3. The molecule has 32 heavy (non-hydrogen) atoms. The summed E-state index contributed by atoms with van der Waals surface area (Å²) in [5, 5.41) is 3.35. The highest BCUT2D eigenvalue weighted by molar-refractivity contribution is 6.91. The van der Waals surface area contributed by atoms with Crippen molar-refractivity contribution in [3.8, 4) is 0 Å². The van der Waals surface area contributed by atoms with Crippen molar-refractivity contribution in [1.82, 2.24) is 0 Å². The summed E-state index contributed by atoms with van der Waals surface area (Å²) in [5.74, 6) is 4.33. The molecule has 6 atom stereocenters. The molecule has 0 radical (unpaired) electrons. The second kappa shape index (κ2) is 8.91. The highest BCUT2D eigenvalue weighted by atomic mass is 28.3. The van der Waals surface area contributed by atoms with E-state index in [9.17, 15) is 0 Å². The summed E-state index contributed by atoms with van der Waals surface area (Å²) in [5.41, 5.74) is 2.13. The summed E-state index contributed by atoms with van der Waals surface area (Å²) >= 11 is 0. The van der Waals surface area contributed by atoms with E-state index in [0.717, 1.165) is 34.8 Å². The van der Waals surface area contributed by atoms with Gasteiger partial charge >= 0.3 is 0 Å². The number of fused-ring (bicyclic) bond motifs is 4. The Kier molecular flexibility index (Phi) is 6.31. The lowest BCUT2D eigenvalue weighted by atomic mass is 10.0. The van der Waals surface area contributed by atoms with Crippen LogP contribution in [0.25, 0.3) is 0 Å². The van der Waals surface area contributed by atoms with Crippen LogP contribution in [0.15, 0.2) is 60.7 Å². The van der Waals surface area contributed by atoms with Crippen LogP contribution < -0.4 is 10.4 Å². The zero-order valence-electron chi connectivity index (χ0n) is 20.9. The molecule has 2 heteroatoms. The van der Waals surface area contributed by atoms with E-state index in [2.05, 4.69) is 86.9 Å². The van der Waals surface area contributed by atoms with Crippen LogP contribution in [0.4, 0.5) is 0 Å². The van der Waals surface area contributed by atoms with E-state index in [1.54, 1.807) is 36.1 Å². The summed E-state index contributed by atoms with van der Waals surface area (Å²) in [4.78, 5) is 0. The van der Waals surface area contributed by atoms with Gasteiger partial charge in [0.1, 0.15) is 0 Å². The van der Waals surface area contributed by atoms with Crippen molar-refractivity contribution < 1.29 is 0 Å². The Bertz CT molecular complexity index is 812. The first kappa shape index (κ1) is 22.7. The molecular weight excluding hydrogens is 417 g/mol. The largest absolute Gasteiger partial charge is 0.0839 e. The Morgan fingerprint density at radius 2 is 0.875 bits per heavy atom. The van der Waals surface area contributed by atoms with Crippen LogP contribution in [0, 0.1) is 23.7 Å². The Hall–Kier alpha value is -1.13. The Morgan fingerprint density at radius 3 is 1.16 bits per heavy atom. The van der Waals surface area contributed by atoms with Gasteiger partial charge in [0, 0.05) is 0 Å². The Balaban J connectivity index is 0.000000135. The van der Waals surface area contributed by atoms with Gasteiger partial charge in [0.05, 0.1) is 16.1 Å². The fourth-order valence-corrected chi connectivity index (χ4v) is 16.2. The van der Waals surface area contributed by atoms with Gasteiger partial charge in [0.15, 0.2) is 0 Å². The van der Waals surface area contributed by atoms with E-state index in [1.807, 2.05) is 0 Å². The lowest BCUT2D eigenvalue weighted by Gasteiger charge is -2.36. The molecule has 0 aromatic heterocycles. The molecule has 0 saturated heterocycles. The number of rotatable bonds is 4. The van der Waals surface area contributed by atoms with Crippen molar-refractivity contribution in [2.75, 3.05) is 0 Å². The van der Waals surface area contributed by atoms with E-state index in [0.29, 0.717) is 0 Å². The van der Waals surface area contributed by atoms with Gasteiger partial charge in [0.2, 0.25) is 0 Å². The van der Waals surface area contributed by atoms with Crippen molar-refractivity contribution in [3.63, 3.8) is 0 Å². The lowest BCUT2D eigenvalue weighted by Crippen LogP contribution is -2.47. The highest BCUT2D eigenvalue weighted by Gasteiger charge is 2.48. The van der Waals surface area contributed by atoms with Crippen LogP contribution in [0.2, 0.25) is 37.3 Å². The normalized spacial score (nSPS) is 33.2. The second-order valence-electron chi connectivity index (χ2n) is 12.7. The molecule has 0 heterocycles. The first-order chi connectivity index (χ1) is 15.4. The SMILES string of the molecule is C[Si](C)(c1ccccc1)C1CC2CCC1C2.C[Si](C)(c1ccccc1)C1CC2CCC1C2. The molecule has 4 saturated carbocycles. The molecule has 0 spiro atoms. The van der Waals surface area contributed by atoms with Crippen molar-refractivity contribution >= 4 is 26.5 Å². The molecule has 2 aromatic carbocycles. The van der Waals surface area contributed by atoms with E-state index >= 15 is 0 Å². The van der Waals surface area contributed by atoms with Crippen molar-refractivity contribution in [2.24, 2.45) is 23.7 Å². The molecule has 0 aliphatic heterocycles. The molecule has 0 amide bonds. The van der Waals surface area contributed by atoms with Crippen LogP contribution in [0.1, 0.15) is 51.4 Å². The van der Waals surface area contributed by atoms with Crippen LogP contribution >= 0.6 is 0 Å². The van der Waals surface area contributed by atoms with E-state index < -0.39 is 16.1 Å². The van der Waals surface area contributed by atoms with Crippen molar-refractivity contribution in [3.05, 3.63) is 60.7 Å². The third kappa shape index (κ3) is 4.22. The minimum Gasteiger partial charge on any atom is -0.0652 e. The van der Waals surface area contributed by atoms with Crippen LogP contribution in [-0.2, 0) is 0 Å². The van der Waals surface area contributed by atoms with Gasteiger partial charge in [-0.15, -0.1) is 0 Å². The average molecular weight is 461 g/mol. The highest BCUT2D eigenvalue weighted by Crippen LogP contribution is 2.56. The molecule has 4 bridgehead atoms.